The van der Waals surface area contributed by atoms with Crippen molar-refractivity contribution in [2.24, 2.45) is 0 Å². The van der Waals surface area contributed by atoms with Crippen LogP contribution in [0.2, 0.25) is 0 Å². The second-order valence-corrected chi connectivity index (χ2v) is 5.13. The number of carbonyl (C=O) groups is 1. The number of carbonyl (C=O) groups excluding carboxylic acids is 1. The summed E-state index contributed by atoms with van der Waals surface area (Å²) in [6.07, 6.45) is 0.778. The van der Waals surface area contributed by atoms with Crippen LogP contribution in [0.25, 0.3) is 0 Å². The predicted octanol–water partition coefficient (Wildman–Crippen LogP) is 2.59. The molecule has 0 saturated heterocycles. The molecular weight excluding hydrogens is 363 g/mol. The lowest BCUT2D eigenvalue weighted by atomic mass is 10.2. The van der Waals surface area contributed by atoms with Crippen molar-refractivity contribution in [1.82, 2.24) is 0 Å². The summed E-state index contributed by atoms with van der Waals surface area (Å²) in [5.41, 5.74) is 0.446. The molecule has 0 saturated carbocycles. The van der Waals surface area contributed by atoms with Gasteiger partial charge in [0.1, 0.15) is 12.2 Å². The van der Waals surface area contributed by atoms with Crippen LogP contribution in [-0.4, -0.2) is 31.1 Å². The van der Waals surface area contributed by atoms with Crippen LogP contribution in [0, 0.1) is 13.7 Å². The van der Waals surface area contributed by atoms with Gasteiger partial charge < -0.3 is 9.64 Å². The molecule has 0 unspecified atom stereocenters. The standard InChI is InChI=1S/C12H15IN2O4/c1-3-6-14(8-12(16)19-2)10-5-4-9(13)7-11(10)15(17)18/h4-5,7H,3,6,8H2,1-2H3. The van der Waals surface area contributed by atoms with E-state index >= 15 is 0 Å². The number of hydrogen-bond donors (Lipinski definition) is 0. The van der Waals surface area contributed by atoms with Gasteiger partial charge in [-0.3, -0.25) is 14.9 Å². The van der Waals surface area contributed by atoms with Crippen LogP contribution in [0.3, 0.4) is 0 Å². The van der Waals surface area contributed by atoms with Gasteiger partial charge in [-0.1, -0.05) is 6.92 Å². The Kier molecular flexibility index (Phi) is 6.00. The van der Waals surface area contributed by atoms with Crippen LogP contribution < -0.4 is 4.90 Å². The van der Waals surface area contributed by atoms with Gasteiger partial charge in [-0.15, -0.1) is 0 Å². The Morgan fingerprint density at radius 1 is 1.53 bits per heavy atom. The predicted molar refractivity (Wildman–Crippen MR) is 80.3 cm³/mol. The maximum Gasteiger partial charge on any atom is 0.325 e. The van der Waals surface area contributed by atoms with E-state index in [1.807, 2.05) is 29.5 Å². The van der Waals surface area contributed by atoms with Gasteiger partial charge in [0.25, 0.3) is 5.69 Å². The van der Waals surface area contributed by atoms with Gasteiger partial charge in [-0.05, 0) is 41.1 Å². The second kappa shape index (κ2) is 7.27. The zero-order chi connectivity index (χ0) is 14.4. The van der Waals surface area contributed by atoms with E-state index in [1.54, 1.807) is 17.0 Å². The molecule has 0 spiro atoms. The highest BCUT2D eigenvalue weighted by atomic mass is 127. The molecule has 0 aliphatic heterocycles. The first-order chi connectivity index (χ1) is 8.99. The molecule has 0 heterocycles. The molecule has 1 aromatic carbocycles. The van der Waals surface area contributed by atoms with Crippen molar-refractivity contribution in [3.63, 3.8) is 0 Å². The Bertz CT molecular complexity index is 479. The molecule has 19 heavy (non-hydrogen) atoms. The third-order valence-corrected chi connectivity index (χ3v) is 3.19. The molecule has 0 aromatic heterocycles. The molecule has 0 atom stereocenters. The Morgan fingerprint density at radius 3 is 2.74 bits per heavy atom. The summed E-state index contributed by atoms with van der Waals surface area (Å²) in [5.74, 6) is -0.415. The van der Waals surface area contributed by atoms with Gasteiger partial charge in [-0.25, -0.2) is 0 Å². The zero-order valence-corrected chi connectivity index (χ0v) is 12.9. The Balaban J connectivity index is 3.14. The zero-order valence-electron chi connectivity index (χ0n) is 10.8. The van der Waals surface area contributed by atoms with Crippen LogP contribution in [0.1, 0.15) is 13.3 Å². The molecule has 0 aliphatic carbocycles. The lowest BCUT2D eigenvalue weighted by molar-refractivity contribution is -0.384. The second-order valence-electron chi connectivity index (χ2n) is 3.89. The number of nitro groups is 1. The summed E-state index contributed by atoms with van der Waals surface area (Å²) in [5, 5.41) is 11.1. The van der Waals surface area contributed by atoms with E-state index in [0.717, 1.165) is 9.99 Å². The van der Waals surface area contributed by atoms with Crippen LogP contribution in [0.15, 0.2) is 18.2 Å². The average molecular weight is 378 g/mol. The highest BCUT2D eigenvalue weighted by Gasteiger charge is 2.21. The molecule has 7 heteroatoms. The maximum atomic E-state index is 11.4. The van der Waals surface area contributed by atoms with Crippen LogP contribution in [0.5, 0.6) is 0 Å². The van der Waals surface area contributed by atoms with Crippen molar-refractivity contribution in [1.29, 1.82) is 0 Å². The number of halogens is 1. The molecule has 0 bridgehead atoms. The van der Waals surface area contributed by atoms with Crippen molar-refractivity contribution in [2.75, 3.05) is 25.1 Å². The van der Waals surface area contributed by atoms with E-state index < -0.39 is 10.9 Å². The summed E-state index contributed by atoms with van der Waals surface area (Å²) in [6.45, 7) is 2.51. The SMILES string of the molecule is CCCN(CC(=O)OC)c1ccc(I)cc1[N+](=O)[O-]. The van der Waals surface area contributed by atoms with Gasteiger partial charge in [0.15, 0.2) is 0 Å². The summed E-state index contributed by atoms with van der Waals surface area (Å²) in [4.78, 5) is 23.7. The number of anilines is 1. The highest BCUT2D eigenvalue weighted by Crippen LogP contribution is 2.29. The highest BCUT2D eigenvalue weighted by molar-refractivity contribution is 14.1. The topological polar surface area (TPSA) is 72.7 Å². The fourth-order valence-corrected chi connectivity index (χ4v) is 2.16. The summed E-state index contributed by atoms with van der Waals surface area (Å²) >= 11 is 2.02. The number of benzene rings is 1. The van der Waals surface area contributed by atoms with Crippen molar-refractivity contribution in [3.05, 3.63) is 31.9 Å². The van der Waals surface area contributed by atoms with E-state index in [-0.39, 0.29) is 12.2 Å². The third kappa shape index (κ3) is 4.34. The van der Waals surface area contributed by atoms with Crippen molar-refractivity contribution in [3.8, 4) is 0 Å². The molecule has 0 aliphatic rings. The molecule has 0 radical (unpaired) electrons. The average Bonchev–Trinajstić information content (AvgIpc) is 2.38. The molecular formula is C12H15IN2O4. The van der Waals surface area contributed by atoms with Crippen LogP contribution in [0.4, 0.5) is 11.4 Å². The lowest BCUT2D eigenvalue weighted by Crippen LogP contribution is -2.31. The number of methoxy groups -OCH3 is 1. The van der Waals surface area contributed by atoms with Crippen molar-refractivity contribution in [2.45, 2.75) is 13.3 Å². The van der Waals surface area contributed by atoms with Crippen molar-refractivity contribution < 1.29 is 14.5 Å². The minimum atomic E-state index is -0.433. The minimum absolute atomic E-state index is 0.00394. The van der Waals surface area contributed by atoms with Gasteiger partial charge in [-0.2, -0.15) is 0 Å². The Morgan fingerprint density at radius 2 is 2.21 bits per heavy atom. The van der Waals surface area contributed by atoms with Gasteiger partial charge in [0.2, 0.25) is 0 Å². The maximum absolute atomic E-state index is 11.4. The molecule has 1 rings (SSSR count). The van der Waals surface area contributed by atoms with Gasteiger partial charge in [0, 0.05) is 16.2 Å². The monoisotopic (exact) mass is 378 g/mol. The van der Waals surface area contributed by atoms with E-state index in [2.05, 4.69) is 4.74 Å². The fraction of sp³-hybridized carbons (Fsp3) is 0.417. The third-order valence-electron chi connectivity index (χ3n) is 2.52. The first-order valence-electron chi connectivity index (χ1n) is 5.75. The number of hydrogen-bond acceptors (Lipinski definition) is 5. The first-order valence-corrected chi connectivity index (χ1v) is 6.83. The summed E-state index contributed by atoms with van der Waals surface area (Å²) in [7, 11) is 1.30. The van der Waals surface area contributed by atoms with E-state index in [9.17, 15) is 14.9 Å². The number of ether oxygens (including phenoxy) is 1. The molecule has 0 fully saturated rings. The largest absolute Gasteiger partial charge is 0.468 e. The molecule has 6 nitrogen and oxygen atoms in total. The number of esters is 1. The number of rotatable bonds is 6. The Hall–Kier alpha value is -1.38. The van der Waals surface area contributed by atoms with Gasteiger partial charge >= 0.3 is 5.97 Å². The smallest absolute Gasteiger partial charge is 0.325 e. The number of nitro benzene ring substituents is 1. The number of nitrogens with zero attached hydrogens (tertiary/aromatic N) is 2. The Labute approximate surface area is 125 Å². The summed E-state index contributed by atoms with van der Waals surface area (Å²) < 4.78 is 5.40. The molecule has 1 aromatic rings. The van der Waals surface area contributed by atoms with E-state index in [4.69, 9.17) is 0 Å². The molecule has 0 N–H and O–H groups in total. The lowest BCUT2D eigenvalue weighted by Gasteiger charge is -2.22. The molecule has 0 amide bonds. The fourth-order valence-electron chi connectivity index (χ4n) is 1.69. The quantitative estimate of drug-likeness (QED) is 0.329. The van der Waals surface area contributed by atoms with Crippen LogP contribution >= 0.6 is 22.6 Å². The summed E-state index contributed by atoms with van der Waals surface area (Å²) in [6, 6.07) is 4.94. The first kappa shape index (κ1) is 15.7. The van der Waals surface area contributed by atoms with E-state index in [1.165, 1.54) is 13.2 Å². The van der Waals surface area contributed by atoms with E-state index in [0.29, 0.717) is 12.2 Å². The molecule has 104 valence electrons. The van der Waals surface area contributed by atoms with Crippen LogP contribution in [-0.2, 0) is 9.53 Å². The minimum Gasteiger partial charge on any atom is -0.468 e. The van der Waals surface area contributed by atoms with Gasteiger partial charge in [0.05, 0.1) is 12.0 Å². The van der Waals surface area contributed by atoms with Crippen molar-refractivity contribution >= 4 is 39.9 Å². The normalized spacial score (nSPS) is 10.1.